The first kappa shape index (κ1) is 26.9. The summed E-state index contributed by atoms with van der Waals surface area (Å²) in [4.78, 5) is 4.72. The van der Waals surface area contributed by atoms with Gasteiger partial charge < -0.3 is 10.6 Å². The van der Waals surface area contributed by atoms with Gasteiger partial charge in [-0.2, -0.15) is 0 Å². The molecule has 3 rings (SSSR count). The Morgan fingerprint density at radius 1 is 0.818 bits per heavy atom. The number of benzene rings is 3. The van der Waals surface area contributed by atoms with Gasteiger partial charge in [0, 0.05) is 25.3 Å². The van der Waals surface area contributed by atoms with Crippen molar-refractivity contribution >= 4 is 39.8 Å². The first-order chi connectivity index (χ1) is 15.4. The quantitative estimate of drug-likeness (QED) is 0.219. The smallest absolute Gasteiger partial charge is 0.191 e. The van der Waals surface area contributed by atoms with Gasteiger partial charge in [-0.1, -0.05) is 84.9 Å². The summed E-state index contributed by atoms with van der Waals surface area (Å²) in [5.41, 5.74) is 4.33. The standard InChI is InChI=1S/C26H31N3O2S.HI/c1-3-27-26(28-18-21-14-16-22(17-15-21)20-32(2,30)31)29-19-25(23-10-6-4-7-11-23)24-12-8-5-9-13-24;/h4-17,25H,3,18-20H2,1-2H3,(H2,27,28,29);1H. The zero-order chi connectivity index (χ0) is 22.8. The zero-order valence-corrected chi connectivity index (χ0v) is 22.2. The van der Waals surface area contributed by atoms with Gasteiger partial charge in [-0.25, -0.2) is 13.4 Å². The first-order valence-electron chi connectivity index (χ1n) is 10.8. The van der Waals surface area contributed by atoms with Crippen LogP contribution in [0.25, 0.3) is 0 Å². The van der Waals surface area contributed by atoms with Gasteiger partial charge in [0.2, 0.25) is 0 Å². The number of nitrogens with one attached hydrogen (secondary N) is 2. The van der Waals surface area contributed by atoms with E-state index in [1.54, 1.807) is 0 Å². The Balaban J connectivity index is 0.00000385. The fraction of sp³-hybridized carbons (Fsp3) is 0.269. The van der Waals surface area contributed by atoms with Gasteiger partial charge in [0.05, 0.1) is 12.3 Å². The molecular weight excluding hydrogens is 545 g/mol. The first-order valence-corrected chi connectivity index (χ1v) is 12.9. The van der Waals surface area contributed by atoms with Crippen molar-refractivity contribution in [2.45, 2.75) is 25.1 Å². The summed E-state index contributed by atoms with van der Waals surface area (Å²) in [5.74, 6) is 1.02. The van der Waals surface area contributed by atoms with Gasteiger partial charge in [0.15, 0.2) is 15.8 Å². The summed E-state index contributed by atoms with van der Waals surface area (Å²) in [6.07, 6.45) is 1.25. The summed E-state index contributed by atoms with van der Waals surface area (Å²) >= 11 is 0. The van der Waals surface area contributed by atoms with Crippen molar-refractivity contribution in [2.75, 3.05) is 19.3 Å². The molecule has 33 heavy (non-hydrogen) atoms. The lowest BCUT2D eigenvalue weighted by atomic mass is 9.91. The molecule has 7 heteroatoms. The van der Waals surface area contributed by atoms with E-state index in [-0.39, 0.29) is 35.6 Å². The third-order valence-corrected chi connectivity index (χ3v) is 5.95. The average Bonchev–Trinajstić information content (AvgIpc) is 2.79. The number of sulfone groups is 1. The molecule has 0 aliphatic rings. The number of hydrogen-bond acceptors (Lipinski definition) is 3. The molecule has 2 N–H and O–H groups in total. The number of aliphatic imine (C=N–C) groups is 1. The van der Waals surface area contributed by atoms with Crippen molar-refractivity contribution in [2.24, 2.45) is 4.99 Å². The molecule has 0 bridgehead atoms. The summed E-state index contributed by atoms with van der Waals surface area (Å²) in [6.45, 7) is 4.03. The van der Waals surface area contributed by atoms with Crippen molar-refractivity contribution in [3.63, 3.8) is 0 Å². The third-order valence-electron chi connectivity index (χ3n) is 5.09. The van der Waals surface area contributed by atoms with Crippen molar-refractivity contribution < 1.29 is 8.42 Å². The third kappa shape index (κ3) is 9.17. The predicted molar refractivity (Wildman–Crippen MR) is 148 cm³/mol. The fourth-order valence-corrected chi connectivity index (χ4v) is 4.35. The molecule has 0 amide bonds. The molecule has 0 heterocycles. The second kappa shape index (κ2) is 13.3. The van der Waals surface area contributed by atoms with Gasteiger partial charge in [0.1, 0.15) is 0 Å². The van der Waals surface area contributed by atoms with E-state index in [2.05, 4.69) is 59.2 Å². The lowest BCUT2D eigenvalue weighted by molar-refractivity contribution is 0.601. The van der Waals surface area contributed by atoms with Crippen LogP contribution in [0.5, 0.6) is 0 Å². The highest BCUT2D eigenvalue weighted by Crippen LogP contribution is 2.23. The zero-order valence-electron chi connectivity index (χ0n) is 19.1. The number of halogens is 1. The van der Waals surface area contributed by atoms with Gasteiger partial charge in [-0.15, -0.1) is 24.0 Å². The second-order valence-electron chi connectivity index (χ2n) is 7.84. The Morgan fingerprint density at radius 2 is 1.33 bits per heavy atom. The number of hydrogen-bond donors (Lipinski definition) is 2. The topological polar surface area (TPSA) is 70.6 Å². The van der Waals surface area contributed by atoms with E-state index in [4.69, 9.17) is 4.99 Å². The molecular formula is C26H32IN3O2S. The molecule has 0 radical (unpaired) electrons. The van der Waals surface area contributed by atoms with Crippen molar-refractivity contribution in [1.29, 1.82) is 0 Å². The summed E-state index contributed by atoms with van der Waals surface area (Å²) < 4.78 is 22.9. The lowest BCUT2D eigenvalue weighted by Crippen LogP contribution is -2.39. The van der Waals surface area contributed by atoms with Crippen LogP contribution < -0.4 is 10.6 Å². The maximum absolute atomic E-state index is 11.5. The molecule has 0 saturated carbocycles. The molecule has 0 spiro atoms. The highest BCUT2D eigenvalue weighted by Gasteiger charge is 2.14. The highest BCUT2D eigenvalue weighted by atomic mass is 127. The van der Waals surface area contributed by atoms with Crippen LogP contribution in [-0.4, -0.2) is 33.7 Å². The van der Waals surface area contributed by atoms with Gasteiger partial charge in [-0.3, -0.25) is 0 Å². The van der Waals surface area contributed by atoms with Crippen LogP contribution in [0.15, 0.2) is 89.9 Å². The molecule has 0 saturated heterocycles. The van der Waals surface area contributed by atoms with E-state index in [1.807, 2.05) is 43.3 Å². The molecule has 0 aromatic heterocycles. The van der Waals surface area contributed by atoms with E-state index >= 15 is 0 Å². The van der Waals surface area contributed by atoms with Crippen LogP contribution in [0.1, 0.15) is 35.1 Å². The van der Waals surface area contributed by atoms with Crippen LogP contribution in [-0.2, 0) is 22.1 Å². The average molecular weight is 578 g/mol. The van der Waals surface area contributed by atoms with E-state index in [0.29, 0.717) is 13.1 Å². The van der Waals surface area contributed by atoms with E-state index in [1.165, 1.54) is 17.4 Å². The Labute approximate surface area is 214 Å². The fourth-order valence-electron chi connectivity index (χ4n) is 3.55. The SMILES string of the molecule is CCNC(=NCc1ccc(CS(C)(=O)=O)cc1)NCC(c1ccccc1)c1ccccc1.I. The largest absolute Gasteiger partial charge is 0.357 e. The maximum Gasteiger partial charge on any atom is 0.191 e. The molecule has 176 valence electrons. The molecule has 0 fully saturated rings. The van der Waals surface area contributed by atoms with Crippen molar-refractivity contribution in [1.82, 2.24) is 10.6 Å². The Hall–Kier alpha value is -2.39. The summed E-state index contributed by atoms with van der Waals surface area (Å²) in [6, 6.07) is 28.5. The minimum atomic E-state index is -3.03. The summed E-state index contributed by atoms with van der Waals surface area (Å²) in [5, 5.41) is 6.80. The number of rotatable bonds is 9. The molecule has 3 aromatic carbocycles. The molecule has 0 aliphatic carbocycles. The van der Waals surface area contributed by atoms with E-state index in [9.17, 15) is 8.42 Å². The van der Waals surface area contributed by atoms with E-state index in [0.717, 1.165) is 23.6 Å². The van der Waals surface area contributed by atoms with Gasteiger partial charge in [0.25, 0.3) is 0 Å². The summed E-state index contributed by atoms with van der Waals surface area (Å²) in [7, 11) is -3.03. The molecule has 0 unspecified atom stereocenters. The van der Waals surface area contributed by atoms with Crippen LogP contribution in [0.4, 0.5) is 0 Å². The molecule has 0 atom stereocenters. The monoisotopic (exact) mass is 577 g/mol. The van der Waals surface area contributed by atoms with Crippen molar-refractivity contribution in [3.8, 4) is 0 Å². The van der Waals surface area contributed by atoms with Crippen LogP contribution in [0.2, 0.25) is 0 Å². The normalized spacial score (nSPS) is 11.7. The number of nitrogens with zero attached hydrogens (tertiary/aromatic N) is 1. The van der Waals surface area contributed by atoms with Crippen LogP contribution >= 0.6 is 24.0 Å². The predicted octanol–water partition coefficient (Wildman–Crippen LogP) is 4.74. The molecule has 5 nitrogen and oxygen atoms in total. The van der Waals surface area contributed by atoms with Crippen LogP contribution in [0, 0.1) is 0 Å². The van der Waals surface area contributed by atoms with E-state index < -0.39 is 9.84 Å². The highest BCUT2D eigenvalue weighted by molar-refractivity contribution is 14.0. The number of guanidine groups is 1. The Kier molecular flexibility index (Phi) is 10.9. The lowest BCUT2D eigenvalue weighted by Gasteiger charge is -2.20. The van der Waals surface area contributed by atoms with Crippen molar-refractivity contribution in [3.05, 3.63) is 107 Å². The minimum Gasteiger partial charge on any atom is -0.357 e. The molecule has 0 aliphatic heterocycles. The molecule has 3 aromatic rings. The Morgan fingerprint density at radius 3 is 1.82 bits per heavy atom. The van der Waals surface area contributed by atoms with Crippen LogP contribution in [0.3, 0.4) is 0 Å². The maximum atomic E-state index is 11.5. The second-order valence-corrected chi connectivity index (χ2v) is 9.98. The van der Waals surface area contributed by atoms with Gasteiger partial charge in [-0.05, 0) is 29.2 Å². The Bertz CT molecular complexity index is 1060. The minimum absolute atomic E-state index is 0. The van der Waals surface area contributed by atoms with Gasteiger partial charge >= 0.3 is 0 Å².